The molecule has 1 aromatic heterocycles. The van der Waals surface area contributed by atoms with E-state index >= 15 is 0 Å². The second-order valence-corrected chi connectivity index (χ2v) is 2.92. The van der Waals surface area contributed by atoms with Crippen molar-refractivity contribution in [3.63, 3.8) is 0 Å². The summed E-state index contributed by atoms with van der Waals surface area (Å²) in [7, 11) is 1.72. The minimum Gasteiger partial charge on any atom is -0.463 e. The fraction of sp³-hybridized carbons (Fsp3) is 0.500. The summed E-state index contributed by atoms with van der Waals surface area (Å²) in [5.41, 5.74) is 0. The number of ether oxygens (including phenoxy) is 2. The van der Waals surface area contributed by atoms with Crippen molar-refractivity contribution < 1.29 is 9.47 Å². The molecule has 0 saturated heterocycles. The molecule has 1 aromatic rings. The van der Waals surface area contributed by atoms with Crippen LogP contribution in [0, 0.1) is 0 Å². The lowest BCUT2D eigenvalue weighted by Crippen LogP contribution is -2.07. The highest BCUT2D eigenvalue weighted by molar-refractivity contribution is 5.26. The van der Waals surface area contributed by atoms with Gasteiger partial charge in [-0.25, -0.2) is 0 Å². The van der Waals surface area contributed by atoms with Gasteiger partial charge in [0.15, 0.2) is 0 Å². The Morgan fingerprint density at radius 3 is 2.50 bits per heavy atom. The Labute approximate surface area is 94.7 Å². The maximum absolute atomic E-state index is 5.31. The molecule has 0 bridgehead atoms. The van der Waals surface area contributed by atoms with E-state index in [0.717, 1.165) is 6.42 Å². The number of nitrogens with one attached hydrogen (secondary N) is 1. The number of hydrogen-bond donors (Lipinski definition) is 1. The van der Waals surface area contributed by atoms with Gasteiger partial charge in [-0.15, -0.1) is 4.98 Å². The summed E-state index contributed by atoms with van der Waals surface area (Å²) < 4.78 is 10.5. The summed E-state index contributed by atoms with van der Waals surface area (Å²) in [4.78, 5) is 12.1. The fourth-order valence-corrected chi connectivity index (χ4v) is 0.906. The number of rotatable bonds is 7. The Balaban J connectivity index is 2.78. The van der Waals surface area contributed by atoms with Crippen LogP contribution < -0.4 is 14.8 Å². The van der Waals surface area contributed by atoms with E-state index in [4.69, 9.17) is 9.47 Å². The Morgan fingerprint density at radius 1 is 1.25 bits per heavy atom. The molecule has 1 N–H and O–H groups in total. The molecular formula is C10H16N4O2. The molecule has 6 nitrogen and oxygen atoms in total. The Bertz CT molecular complexity index is 344. The van der Waals surface area contributed by atoms with Gasteiger partial charge in [-0.1, -0.05) is 19.6 Å². The van der Waals surface area contributed by atoms with E-state index in [9.17, 15) is 0 Å². The van der Waals surface area contributed by atoms with Crippen molar-refractivity contribution in [1.29, 1.82) is 0 Å². The molecule has 1 heterocycles. The van der Waals surface area contributed by atoms with Crippen molar-refractivity contribution in [2.45, 2.75) is 13.3 Å². The van der Waals surface area contributed by atoms with Crippen LogP contribution in [0.15, 0.2) is 12.7 Å². The standard InChI is InChI=1S/C10H16N4O2/c1-4-6-15-9-12-8(11-3)13-10(14-9)16-7-5-2/h4H,1,5-7H2,2-3H3,(H,11,12,13,14). The number of hydrogen-bond acceptors (Lipinski definition) is 6. The molecule has 0 fully saturated rings. The first kappa shape index (κ1) is 12.2. The number of nitrogens with zero attached hydrogens (tertiary/aromatic N) is 3. The molecule has 0 unspecified atom stereocenters. The smallest absolute Gasteiger partial charge is 0.324 e. The molecule has 88 valence electrons. The van der Waals surface area contributed by atoms with Crippen LogP contribution in [-0.2, 0) is 0 Å². The Morgan fingerprint density at radius 2 is 1.94 bits per heavy atom. The topological polar surface area (TPSA) is 69.2 Å². The molecule has 0 saturated carbocycles. The van der Waals surface area contributed by atoms with Gasteiger partial charge in [0.1, 0.15) is 6.61 Å². The summed E-state index contributed by atoms with van der Waals surface area (Å²) >= 11 is 0. The van der Waals surface area contributed by atoms with Gasteiger partial charge in [-0.05, 0) is 6.42 Å². The van der Waals surface area contributed by atoms with E-state index in [2.05, 4.69) is 26.8 Å². The summed E-state index contributed by atoms with van der Waals surface area (Å²) in [5.74, 6) is 0.417. The van der Waals surface area contributed by atoms with Gasteiger partial charge >= 0.3 is 12.0 Å². The highest BCUT2D eigenvalue weighted by atomic mass is 16.5. The predicted molar refractivity (Wildman–Crippen MR) is 60.9 cm³/mol. The van der Waals surface area contributed by atoms with Crippen LogP contribution in [0.3, 0.4) is 0 Å². The average molecular weight is 224 g/mol. The first-order chi connectivity index (χ1) is 7.80. The zero-order valence-corrected chi connectivity index (χ0v) is 9.56. The van der Waals surface area contributed by atoms with E-state index in [0.29, 0.717) is 19.2 Å². The Kier molecular flexibility index (Phi) is 5.04. The molecule has 0 aliphatic carbocycles. The normalized spacial score (nSPS) is 9.62. The van der Waals surface area contributed by atoms with Crippen molar-refractivity contribution in [2.24, 2.45) is 0 Å². The van der Waals surface area contributed by atoms with Crippen LogP contribution in [0.5, 0.6) is 12.0 Å². The molecule has 0 atom stereocenters. The van der Waals surface area contributed by atoms with Crippen molar-refractivity contribution >= 4 is 5.95 Å². The molecule has 0 aliphatic heterocycles. The summed E-state index contributed by atoms with van der Waals surface area (Å²) in [6.07, 6.45) is 2.51. The fourth-order valence-electron chi connectivity index (χ4n) is 0.906. The molecular weight excluding hydrogens is 208 g/mol. The van der Waals surface area contributed by atoms with Gasteiger partial charge in [0.2, 0.25) is 5.95 Å². The van der Waals surface area contributed by atoms with Gasteiger partial charge in [0.25, 0.3) is 0 Å². The molecule has 0 aromatic carbocycles. The molecule has 0 aliphatic rings. The van der Waals surface area contributed by atoms with E-state index in [-0.39, 0.29) is 12.0 Å². The first-order valence-electron chi connectivity index (χ1n) is 5.10. The molecule has 0 radical (unpaired) electrons. The van der Waals surface area contributed by atoms with E-state index in [1.807, 2.05) is 6.92 Å². The highest BCUT2D eigenvalue weighted by Gasteiger charge is 2.06. The summed E-state index contributed by atoms with van der Waals surface area (Å²) in [6.45, 7) is 6.47. The van der Waals surface area contributed by atoms with Crippen LogP contribution in [0.1, 0.15) is 13.3 Å². The van der Waals surface area contributed by atoms with Crippen LogP contribution in [-0.4, -0.2) is 35.2 Å². The largest absolute Gasteiger partial charge is 0.463 e. The lowest BCUT2D eigenvalue weighted by atomic mass is 10.5. The van der Waals surface area contributed by atoms with Crippen molar-refractivity contribution in [2.75, 3.05) is 25.6 Å². The van der Waals surface area contributed by atoms with Crippen LogP contribution in [0.2, 0.25) is 0 Å². The van der Waals surface area contributed by atoms with Gasteiger partial charge in [-0.2, -0.15) is 9.97 Å². The van der Waals surface area contributed by atoms with Gasteiger partial charge < -0.3 is 14.8 Å². The summed E-state index contributed by atoms with van der Waals surface area (Å²) in [5, 5.41) is 2.81. The molecule has 6 heteroatoms. The minimum atomic E-state index is 0.227. The van der Waals surface area contributed by atoms with E-state index in [1.165, 1.54) is 0 Å². The maximum atomic E-state index is 5.31. The number of aromatic nitrogens is 3. The quantitative estimate of drug-likeness (QED) is 0.703. The predicted octanol–water partition coefficient (Wildman–Crippen LogP) is 1.27. The van der Waals surface area contributed by atoms with Gasteiger partial charge in [-0.3, -0.25) is 0 Å². The average Bonchev–Trinajstić information content (AvgIpc) is 2.33. The first-order valence-corrected chi connectivity index (χ1v) is 5.10. The van der Waals surface area contributed by atoms with E-state index in [1.54, 1.807) is 13.1 Å². The third kappa shape index (κ3) is 3.72. The second kappa shape index (κ2) is 6.60. The lowest BCUT2D eigenvalue weighted by molar-refractivity contribution is 0.275. The van der Waals surface area contributed by atoms with Crippen LogP contribution >= 0.6 is 0 Å². The molecule has 1 rings (SSSR count). The second-order valence-electron chi connectivity index (χ2n) is 2.92. The van der Waals surface area contributed by atoms with Crippen LogP contribution in [0.4, 0.5) is 5.95 Å². The van der Waals surface area contributed by atoms with Crippen LogP contribution in [0.25, 0.3) is 0 Å². The number of anilines is 1. The highest BCUT2D eigenvalue weighted by Crippen LogP contribution is 2.12. The SMILES string of the molecule is C=CCOc1nc(NC)nc(OCCC)n1. The third-order valence-electron chi connectivity index (χ3n) is 1.58. The maximum Gasteiger partial charge on any atom is 0.324 e. The molecule has 0 amide bonds. The zero-order valence-electron chi connectivity index (χ0n) is 9.56. The molecule has 0 spiro atoms. The van der Waals surface area contributed by atoms with Gasteiger partial charge in [0, 0.05) is 7.05 Å². The summed E-state index contributed by atoms with van der Waals surface area (Å²) in [6, 6.07) is 0.491. The minimum absolute atomic E-state index is 0.227. The molecule has 16 heavy (non-hydrogen) atoms. The monoisotopic (exact) mass is 224 g/mol. The van der Waals surface area contributed by atoms with Crippen molar-refractivity contribution in [1.82, 2.24) is 15.0 Å². The zero-order chi connectivity index (χ0) is 11.8. The third-order valence-corrected chi connectivity index (χ3v) is 1.58. The van der Waals surface area contributed by atoms with Crippen molar-refractivity contribution in [3.05, 3.63) is 12.7 Å². The van der Waals surface area contributed by atoms with Gasteiger partial charge in [0.05, 0.1) is 6.61 Å². The lowest BCUT2D eigenvalue weighted by Gasteiger charge is -2.07. The van der Waals surface area contributed by atoms with Crippen molar-refractivity contribution in [3.8, 4) is 12.0 Å². The Hall–Kier alpha value is -1.85. The van der Waals surface area contributed by atoms with E-state index < -0.39 is 0 Å².